The molecule has 8 nitrogen and oxygen atoms in total. The normalized spacial score (nSPS) is 14.4. The average molecular weight is 339 g/mol. The summed E-state index contributed by atoms with van der Waals surface area (Å²) in [6.07, 6.45) is 6.87. The first-order valence-electron chi connectivity index (χ1n) is 8.24. The molecule has 0 spiro atoms. The Hall–Kier alpha value is -2.09. The number of nitrogens with one attached hydrogen (secondary N) is 2. The number of hydrogen-bond donors (Lipinski definition) is 2. The molecule has 136 valence electrons. The van der Waals surface area contributed by atoms with Crippen molar-refractivity contribution in [3.8, 4) is 0 Å². The lowest BCUT2D eigenvalue weighted by Gasteiger charge is -2.30. The maximum atomic E-state index is 11.5. The van der Waals surface area contributed by atoms with Gasteiger partial charge < -0.3 is 24.8 Å². The monoisotopic (exact) mass is 339 g/mol. The largest absolute Gasteiger partial charge is 0.444 e. The first-order valence-corrected chi connectivity index (χ1v) is 8.24. The maximum Gasteiger partial charge on any atom is 0.410 e. The van der Waals surface area contributed by atoms with Crippen molar-refractivity contribution in [2.45, 2.75) is 39.3 Å². The number of hydrogen-bond acceptors (Lipinski definition) is 5. The van der Waals surface area contributed by atoms with Gasteiger partial charge in [-0.2, -0.15) is 0 Å². The molecule has 2 N–H and O–H groups in total. The lowest BCUT2D eigenvalue weighted by atomic mass is 10.2. The zero-order valence-corrected chi connectivity index (χ0v) is 14.8. The van der Waals surface area contributed by atoms with Crippen LogP contribution in [0.1, 0.15) is 27.2 Å². The van der Waals surface area contributed by atoms with E-state index < -0.39 is 0 Å². The molecule has 0 saturated carbocycles. The molecule has 1 aromatic heterocycles. The summed E-state index contributed by atoms with van der Waals surface area (Å²) in [5.41, 5.74) is -0.387. The number of aryl methyl sites for hydroxylation is 1. The summed E-state index contributed by atoms with van der Waals surface area (Å²) in [6, 6.07) is 0. The quantitative estimate of drug-likeness (QED) is 0.613. The van der Waals surface area contributed by atoms with E-state index in [-0.39, 0.29) is 11.7 Å². The van der Waals surface area contributed by atoms with E-state index in [1.165, 1.54) is 0 Å². The van der Waals surface area contributed by atoms with Crippen molar-refractivity contribution in [1.82, 2.24) is 25.1 Å². The molecule has 24 heavy (non-hydrogen) atoms. The molecule has 2 amide bonds. The summed E-state index contributed by atoms with van der Waals surface area (Å²) in [7, 11) is 0. The Morgan fingerprint density at radius 3 is 2.62 bits per heavy atom. The predicted molar refractivity (Wildman–Crippen MR) is 91.6 cm³/mol. The topological polar surface area (TPSA) is 88.5 Å². The Bertz CT molecular complexity index is 465. The third kappa shape index (κ3) is 9.14. The number of carbonyl (C=O) groups excluding carboxylic acids is 2. The van der Waals surface area contributed by atoms with E-state index in [4.69, 9.17) is 4.74 Å². The van der Waals surface area contributed by atoms with E-state index in [1.54, 1.807) is 17.4 Å². The van der Waals surface area contributed by atoms with Crippen LogP contribution in [0.15, 0.2) is 18.7 Å². The predicted octanol–water partition coefficient (Wildman–Crippen LogP) is 0.846. The second-order valence-electron chi connectivity index (χ2n) is 6.44. The van der Waals surface area contributed by atoms with Gasteiger partial charge >= 0.3 is 6.09 Å². The van der Waals surface area contributed by atoms with Crippen molar-refractivity contribution < 1.29 is 14.3 Å². The highest BCUT2D eigenvalue weighted by Crippen LogP contribution is 2.09. The van der Waals surface area contributed by atoms with Crippen molar-refractivity contribution in [2.75, 3.05) is 32.7 Å². The van der Waals surface area contributed by atoms with Gasteiger partial charge in [-0.25, -0.2) is 9.78 Å². The molecule has 1 aromatic rings. The maximum absolute atomic E-state index is 11.5. The van der Waals surface area contributed by atoms with Crippen LogP contribution in [0.3, 0.4) is 0 Å². The second-order valence-corrected chi connectivity index (χ2v) is 6.44. The summed E-state index contributed by atoms with van der Waals surface area (Å²) in [5.74, 6) is 0. The summed E-state index contributed by atoms with van der Waals surface area (Å²) in [5, 5.41) is 5.78. The molecule has 1 aliphatic rings. The molecule has 0 bridgehead atoms. The molecule has 0 radical (unpaired) electrons. The molecule has 2 rings (SSSR count). The fraction of sp³-hybridized carbons (Fsp3) is 0.688. The zero-order valence-electron chi connectivity index (χ0n) is 14.8. The molecule has 1 aliphatic heterocycles. The van der Waals surface area contributed by atoms with Crippen molar-refractivity contribution in [1.29, 1.82) is 0 Å². The second kappa shape index (κ2) is 10.6. The van der Waals surface area contributed by atoms with E-state index in [2.05, 4.69) is 15.6 Å². The molecule has 0 unspecified atom stereocenters. The van der Waals surface area contributed by atoms with Crippen molar-refractivity contribution in [3.05, 3.63) is 18.7 Å². The first-order chi connectivity index (χ1) is 11.4. The first kappa shape index (κ1) is 20.0. The smallest absolute Gasteiger partial charge is 0.410 e. The number of amides is 2. The molecule has 1 saturated heterocycles. The van der Waals surface area contributed by atoms with Crippen LogP contribution in [0.4, 0.5) is 4.79 Å². The van der Waals surface area contributed by atoms with E-state index in [1.807, 2.05) is 31.5 Å². The number of ether oxygens (including phenoxy) is 1. The van der Waals surface area contributed by atoms with Gasteiger partial charge in [0.05, 0.1) is 6.33 Å². The third-order valence-electron chi connectivity index (χ3n) is 3.15. The minimum absolute atomic E-state index is 0.200. The van der Waals surface area contributed by atoms with Crippen molar-refractivity contribution >= 4 is 12.5 Å². The Morgan fingerprint density at radius 2 is 2.08 bits per heavy atom. The van der Waals surface area contributed by atoms with Crippen molar-refractivity contribution in [2.24, 2.45) is 0 Å². The van der Waals surface area contributed by atoms with Gasteiger partial charge in [-0.15, -0.1) is 0 Å². The van der Waals surface area contributed by atoms with Gasteiger partial charge in [-0.05, 0) is 27.2 Å². The van der Waals surface area contributed by atoms with Gasteiger partial charge in [-0.1, -0.05) is 0 Å². The van der Waals surface area contributed by atoms with Crippen LogP contribution in [-0.4, -0.2) is 65.3 Å². The standard InChI is InChI=1S/C9H18N2O2.C7H11N3O/c1-9(2,3)13-8(12)11-6-4-10-5-7-11;11-7-9-2-1-4-10-5-3-8-6-10/h10H,4-7H2,1-3H3;3,5-7H,1-2,4H2,(H,9,11). The number of carbonyl (C=O) groups is 2. The summed E-state index contributed by atoms with van der Waals surface area (Å²) < 4.78 is 7.22. The van der Waals surface area contributed by atoms with E-state index in [0.717, 1.165) is 45.7 Å². The van der Waals surface area contributed by atoms with Gasteiger partial charge in [0.1, 0.15) is 5.60 Å². The number of imidazole rings is 1. The number of rotatable bonds is 5. The molecule has 8 heteroatoms. The van der Waals surface area contributed by atoms with E-state index in [0.29, 0.717) is 6.41 Å². The molecular weight excluding hydrogens is 310 g/mol. The Labute approximate surface area is 143 Å². The van der Waals surface area contributed by atoms with Crippen LogP contribution < -0.4 is 10.6 Å². The van der Waals surface area contributed by atoms with Gasteiger partial charge in [-0.3, -0.25) is 4.79 Å². The Balaban J connectivity index is 0.000000243. The summed E-state index contributed by atoms with van der Waals surface area (Å²) >= 11 is 0. The highest BCUT2D eigenvalue weighted by molar-refractivity contribution is 5.68. The minimum atomic E-state index is -0.387. The Kier molecular flexibility index (Phi) is 8.85. The molecular formula is C16H29N5O3. The fourth-order valence-corrected chi connectivity index (χ4v) is 2.02. The van der Waals surface area contributed by atoms with Crippen LogP contribution in [-0.2, 0) is 16.1 Å². The average Bonchev–Trinajstić information content (AvgIpc) is 3.05. The SMILES string of the molecule is CC(C)(C)OC(=O)N1CCNCC1.O=CNCCCn1ccnc1. The zero-order chi connectivity index (χ0) is 17.8. The minimum Gasteiger partial charge on any atom is -0.444 e. The van der Waals surface area contributed by atoms with E-state index >= 15 is 0 Å². The van der Waals surface area contributed by atoms with Gasteiger partial charge in [0.15, 0.2) is 0 Å². The highest BCUT2D eigenvalue weighted by atomic mass is 16.6. The van der Waals surface area contributed by atoms with Crippen LogP contribution in [0.2, 0.25) is 0 Å². The highest BCUT2D eigenvalue weighted by Gasteiger charge is 2.22. The van der Waals surface area contributed by atoms with Gasteiger partial charge in [0.2, 0.25) is 6.41 Å². The lowest BCUT2D eigenvalue weighted by molar-refractivity contribution is -0.109. The summed E-state index contributed by atoms with van der Waals surface area (Å²) in [6.45, 7) is 10.5. The van der Waals surface area contributed by atoms with Crippen LogP contribution in [0.5, 0.6) is 0 Å². The molecule has 0 aromatic carbocycles. The summed E-state index contributed by atoms with van der Waals surface area (Å²) in [4.78, 5) is 27.0. The molecule has 2 heterocycles. The Morgan fingerprint density at radius 1 is 1.38 bits per heavy atom. The van der Waals surface area contributed by atoms with Crippen LogP contribution in [0.25, 0.3) is 0 Å². The van der Waals surface area contributed by atoms with Crippen molar-refractivity contribution in [3.63, 3.8) is 0 Å². The number of aromatic nitrogens is 2. The number of nitrogens with zero attached hydrogens (tertiary/aromatic N) is 3. The van der Waals surface area contributed by atoms with Crippen LogP contribution in [0, 0.1) is 0 Å². The lowest BCUT2D eigenvalue weighted by Crippen LogP contribution is -2.48. The fourth-order valence-electron chi connectivity index (χ4n) is 2.02. The molecule has 1 fully saturated rings. The van der Waals surface area contributed by atoms with Crippen LogP contribution >= 0.6 is 0 Å². The molecule has 0 aliphatic carbocycles. The van der Waals surface area contributed by atoms with Gasteiger partial charge in [0.25, 0.3) is 0 Å². The third-order valence-corrected chi connectivity index (χ3v) is 3.15. The van der Waals surface area contributed by atoms with E-state index in [9.17, 15) is 9.59 Å². The molecule has 0 atom stereocenters. The number of piperazine rings is 1. The van der Waals surface area contributed by atoms with Gasteiger partial charge in [0, 0.05) is 51.7 Å².